The molecule has 0 saturated heterocycles. The Morgan fingerprint density at radius 2 is 2.21 bits per heavy atom. The first-order valence-corrected chi connectivity index (χ1v) is 4.10. The molecule has 1 aromatic rings. The molecule has 0 aliphatic rings. The Bertz CT molecular complexity index is 431. The highest BCUT2D eigenvalue weighted by molar-refractivity contribution is 5.85. The standard InChI is InChI=1S/C10H11NO3/c1-7(10(13)14)6-11-8(2)4-3-5-9(11)12/h3-5H,1,6H2,2H3,(H,13,14). The molecule has 0 aliphatic carbocycles. The van der Waals surface area contributed by atoms with Crippen LogP contribution in [0.1, 0.15) is 5.69 Å². The van der Waals surface area contributed by atoms with Gasteiger partial charge in [-0.25, -0.2) is 4.79 Å². The number of aromatic nitrogens is 1. The smallest absolute Gasteiger partial charge is 0.332 e. The maximum Gasteiger partial charge on any atom is 0.332 e. The monoisotopic (exact) mass is 193 g/mol. The van der Waals surface area contributed by atoms with Crippen LogP contribution in [0.5, 0.6) is 0 Å². The van der Waals surface area contributed by atoms with E-state index in [2.05, 4.69) is 6.58 Å². The molecule has 4 heteroatoms. The molecule has 1 rings (SSSR count). The molecule has 0 fully saturated rings. The molecule has 4 nitrogen and oxygen atoms in total. The summed E-state index contributed by atoms with van der Waals surface area (Å²) in [6.07, 6.45) is 0. The van der Waals surface area contributed by atoms with Gasteiger partial charge in [-0.2, -0.15) is 0 Å². The van der Waals surface area contributed by atoms with E-state index in [1.807, 2.05) is 0 Å². The van der Waals surface area contributed by atoms with Gasteiger partial charge in [-0.3, -0.25) is 4.79 Å². The summed E-state index contributed by atoms with van der Waals surface area (Å²) < 4.78 is 1.37. The van der Waals surface area contributed by atoms with E-state index in [4.69, 9.17) is 5.11 Å². The number of carbonyl (C=O) groups is 1. The molecule has 0 unspecified atom stereocenters. The van der Waals surface area contributed by atoms with E-state index in [0.29, 0.717) is 0 Å². The molecule has 14 heavy (non-hydrogen) atoms. The predicted molar refractivity (Wildman–Crippen MR) is 52.2 cm³/mol. The summed E-state index contributed by atoms with van der Waals surface area (Å²) in [5, 5.41) is 8.61. The lowest BCUT2D eigenvalue weighted by Gasteiger charge is -2.08. The molecule has 1 heterocycles. The maximum atomic E-state index is 11.3. The highest BCUT2D eigenvalue weighted by Gasteiger charge is 2.06. The molecular weight excluding hydrogens is 182 g/mol. The molecule has 0 amide bonds. The number of aryl methyl sites for hydroxylation is 1. The Balaban J connectivity index is 3.03. The Morgan fingerprint density at radius 3 is 2.71 bits per heavy atom. The van der Waals surface area contributed by atoms with Crippen molar-refractivity contribution in [1.82, 2.24) is 4.57 Å². The first kappa shape index (κ1) is 10.2. The number of nitrogens with zero attached hydrogens (tertiary/aromatic N) is 1. The van der Waals surface area contributed by atoms with Gasteiger partial charge in [0.2, 0.25) is 0 Å². The minimum Gasteiger partial charge on any atom is -0.478 e. The quantitative estimate of drug-likeness (QED) is 0.722. The van der Waals surface area contributed by atoms with E-state index >= 15 is 0 Å². The van der Waals surface area contributed by atoms with Gasteiger partial charge in [0.1, 0.15) is 0 Å². The molecule has 0 atom stereocenters. The van der Waals surface area contributed by atoms with Gasteiger partial charge in [0.25, 0.3) is 5.56 Å². The zero-order valence-corrected chi connectivity index (χ0v) is 7.86. The SMILES string of the molecule is C=C(Cn1c(C)cccc1=O)C(=O)O. The summed E-state index contributed by atoms with van der Waals surface area (Å²) in [4.78, 5) is 21.8. The van der Waals surface area contributed by atoms with Gasteiger partial charge in [-0.05, 0) is 13.0 Å². The number of carboxylic acids is 1. The van der Waals surface area contributed by atoms with E-state index in [0.717, 1.165) is 5.69 Å². The van der Waals surface area contributed by atoms with Crippen molar-refractivity contribution in [3.8, 4) is 0 Å². The molecule has 0 radical (unpaired) electrons. The summed E-state index contributed by atoms with van der Waals surface area (Å²) in [7, 11) is 0. The average molecular weight is 193 g/mol. The fourth-order valence-electron chi connectivity index (χ4n) is 1.08. The van der Waals surface area contributed by atoms with Crippen molar-refractivity contribution < 1.29 is 9.90 Å². The number of carboxylic acid groups (broad SMARTS) is 1. The van der Waals surface area contributed by atoms with Gasteiger partial charge in [-0.15, -0.1) is 0 Å². The van der Waals surface area contributed by atoms with Crippen LogP contribution in [0.2, 0.25) is 0 Å². The number of rotatable bonds is 3. The average Bonchev–Trinajstić information content (AvgIpc) is 2.11. The third kappa shape index (κ3) is 2.10. The van der Waals surface area contributed by atoms with E-state index in [1.54, 1.807) is 19.1 Å². The normalized spacial score (nSPS) is 9.79. The molecular formula is C10H11NO3. The lowest BCUT2D eigenvalue weighted by atomic mass is 10.3. The molecule has 0 aliphatic heterocycles. The second-order valence-electron chi connectivity index (χ2n) is 3.00. The summed E-state index contributed by atoms with van der Waals surface area (Å²) in [6.45, 7) is 5.15. The van der Waals surface area contributed by atoms with Gasteiger partial charge in [0.15, 0.2) is 0 Å². The number of pyridine rings is 1. The van der Waals surface area contributed by atoms with Crippen molar-refractivity contribution >= 4 is 5.97 Å². The Hall–Kier alpha value is -1.84. The zero-order valence-electron chi connectivity index (χ0n) is 7.86. The van der Waals surface area contributed by atoms with Crippen molar-refractivity contribution in [3.63, 3.8) is 0 Å². The largest absolute Gasteiger partial charge is 0.478 e. The van der Waals surface area contributed by atoms with E-state index in [9.17, 15) is 9.59 Å². The summed E-state index contributed by atoms with van der Waals surface area (Å²) in [5.41, 5.74) is 0.508. The third-order valence-electron chi connectivity index (χ3n) is 1.92. The van der Waals surface area contributed by atoms with Crippen LogP contribution in [-0.2, 0) is 11.3 Å². The number of hydrogen-bond donors (Lipinski definition) is 1. The Kier molecular flexibility index (Phi) is 2.86. The molecule has 0 aromatic carbocycles. The van der Waals surface area contributed by atoms with Gasteiger partial charge < -0.3 is 9.67 Å². The zero-order chi connectivity index (χ0) is 10.7. The third-order valence-corrected chi connectivity index (χ3v) is 1.92. The van der Waals surface area contributed by atoms with Crippen LogP contribution in [0, 0.1) is 6.92 Å². The van der Waals surface area contributed by atoms with E-state index < -0.39 is 5.97 Å². The highest BCUT2D eigenvalue weighted by atomic mass is 16.4. The van der Waals surface area contributed by atoms with Crippen molar-refractivity contribution in [1.29, 1.82) is 0 Å². The van der Waals surface area contributed by atoms with Gasteiger partial charge >= 0.3 is 5.97 Å². The summed E-state index contributed by atoms with van der Waals surface area (Å²) in [6, 6.07) is 4.77. The van der Waals surface area contributed by atoms with Crippen LogP contribution in [0.4, 0.5) is 0 Å². The number of aliphatic carboxylic acids is 1. The minimum absolute atomic E-state index is 0.00130. The van der Waals surface area contributed by atoms with Gasteiger partial charge in [0.05, 0.1) is 6.54 Å². The Morgan fingerprint density at radius 1 is 1.57 bits per heavy atom. The van der Waals surface area contributed by atoms with Crippen LogP contribution in [0.15, 0.2) is 35.1 Å². The first-order valence-electron chi connectivity index (χ1n) is 4.10. The second-order valence-corrected chi connectivity index (χ2v) is 3.00. The van der Waals surface area contributed by atoms with Crippen LogP contribution in [0.25, 0.3) is 0 Å². The summed E-state index contributed by atoms with van der Waals surface area (Å²) in [5.74, 6) is -1.08. The predicted octanol–water partition coefficient (Wildman–Crippen LogP) is 0.798. The second kappa shape index (κ2) is 3.91. The lowest BCUT2D eigenvalue weighted by molar-refractivity contribution is -0.132. The fraction of sp³-hybridized carbons (Fsp3) is 0.200. The minimum atomic E-state index is -1.08. The lowest BCUT2D eigenvalue weighted by Crippen LogP contribution is -2.23. The maximum absolute atomic E-state index is 11.3. The first-order chi connectivity index (χ1) is 6.52. The van der Waals surface area contributed by atoms with Crippen molar-refractivity contribution in [2.75, 3.05) is 0 Å². The molecule has 74 valence electrons. The van der Waals surface area contributed by atoms with Crippen LogP contribution in [0.3, 0.4) is 0 Å². The Labute approximate surface area is 81.1 Å². The summed E-state index contributed by atoms with van der Waals surface area (Å²) >= 11 is 0. The van der Waals surface area contributed by atoms with Crippen molar-refractivity contribution in [2.45, 2.75) is 13.5 Å². The van der Waals surface area contributed by atoms with Crippen molar-refractivity contribution in [2.24, 2.45) is 0 Å². The molecule has 1 aromatic heterocycles. The van der Waals surface area contributed by atoms with Gasteiger partial charge in [-0.1, -0.05) is 12.6 Å². The molecule has 0 spiro atoms. The number of hydrogen-bond acceptors (Lipinski definition) is 2. The molecule has 1 N–H and O–H groups in total. The van der Waals surface area contributed by atoms with Crippen LogP contribution < -0.4 is 5.56 Å². The van der Waals surface area contributed by atoms with E-state index in [1.165, 1.54) is 10.6 Å². The van der Waals surface area contributed by atoms with Gasteiger partial charge in [0, 0.05) is 17.3 Å². The van der Waals surface area contributed by atoms with E-state index in [-0.39, 0.29) is 17.7 Å². The van der Waals surface area contributed by atoms with Crippen LogP contribution in [-0.4, -0.2) is 15.6 Å². The van der Waals surface area contributed by atoms with Crippen LogP contribution >= 0.6 is 0 Å². The molecule has 0 saturated carbocycles. The fourth-order valence-corrected chi connectivity index (χ4v) is 1.08. The topological polar surface area (TPSA) is 59.3 Å². The molecule has 0 bridgehead atoms. The highest BCUT2D eigenvalue weighted by Crippen LogP contribution is 1.99. The van der Waals surface area contributed by atoms with Crippen molar-refractivity contribution in [3.05, 3.63) is 46.4 Å².